The molecule has 60 heavy (non-hydrogen) atoms. The summed E-state index contributed by atoms with van der Waals surface area (Å²) >= 11 is 1.77. The minimum atomic E-state index is 0.273. The van der Waals surface area contributed by atoms with E-state index in [1.165, 1.54) is 27.2 Å². The summed E-state index contributed by atoms with van der Waals surface area (Å²) in [5.41, 5.74) is 11.5. The van der Waals surface area contributed by atoms with Crippen LogP contribution >= 0.6 is 11.3 Å². The number of hydrogen-bond acceptors (Lipinski definition) is 4. The predicted octanol–water partition coefficient (Wildman–Crippen LogP) is 16.6. The number of benzene rings is 6. The summed E-state index contributed by atoms with van der Waals surface area (Å²) in [5.74, 6) is 0. The van der Waals surface area contributed by atoms with Gasteiger partial charge in [-0.1, -0.05) is 172 Å². The lowest BCUT2D eigenvalue weighted by Gasteiger charge is -2.32. The van der Waals surface area contributed by atoms with E-state index >= 15 is 0 Å². The smallest absolute Gasteiger partial charge is 0.124 e. The highest BCUT2D eigenvalue weighted by atomic mass is 32.1. The highest BCUT2D eigenvalue weighted by molar-refractivity contribution is 7.22. The second-order valence-electron chi connectivity index (χ2n) is 14.1. The lowest BCUT2D eigenvalue weighted by atomic mass is 9.98. The molecule has 0 spiro atoms. The minimum absolute atomic E-state index is 0.273. The number of allylic oxidation sites excluding steroid dienone is 6. The summed E-state index contributed by atoms with van der Waals surface area (Å²) in [6.45, 7) is 14.2. The molecular formula is C56H57N3S. The zero-order valence-corrected chi connectivity index (χ0v) is 36.1. The molecule has 7 aromatic rings. The van der Waals surface area contributed by atoms with Crippen molar-refractivity contribution >= 4 is 44.3 Å². The van der Waals surface area contributed by atoms with Gasteiger partial charge in [-0.15, -0.1) is 17.9 Å². The summed E-state index contributed by atoms with van der Waals surface area (Å²) in [4.78, 5) is 10.1. The number of hydrogen-bond donors (Lipinski definition) is 0. The van der Waals surface area contributed by atoms with E-state index in [4.69, 9.17) is 4.98 Å². The van der Waals surface area contributed by atoms with Crippen molar-refractivity contribution in [2.75, 3.05) is 16.3 Å². The van der Waals surface area contributed by atoms with Gasteiger partial charge in [0.15, 0.2) is 0 Å². The van der Waals surface area contributed by atoms with Gasteiger partial charge in [-0.3, -0.25) is 0 Å². The third-order valence-corrected chi connectivity index (χ3v) is 11.4. The molecule has 0 radical (unpaired) electrons. The molecule has 6 aromatic carbocycles. The van der Waals surface area contributed by atoms with Gasteiger partial charge in [-0.2, -0.15) is 0 Å². The fourth-order valence-electron chi connectivity index (χ4n) is 7.41. The van der Waals surface area contributed by atoms with E-state index in [2.05, 4.69) is 199 Å². The topological polar surface area (TPSA) is 19.4 Å². The third-order valence-electron chi connectivity index (χ3n) is 10.2. The van der Waals surface area contributed by atoms with Crippen LogP contribution in [0.1, 0.15) is 46.5 Å². The van der Waals surface area contributed by atoms with Gasteiger partial charge in [0.05, 0.1) is 16.3 Å². The molecule has 0 amide bonds. The van der Waals surface area contributed by atoms with Crippen molar-refractivity contribution in [2.24, 2.45) is 0 Å². The fourth-order valence-corrected chi connectivity index (χ4v) is 8.54. The van der Waals surface area contributed by atoms with Crippen molar-refractivity contribution in [3.63, 3.8) is 0 Å². The number of fused-ring (bicyclic) bond motifs is 1. The molecule has 302 valence electrons. The standard InChI is InChI=1S/C49H43N3S.C5H8.C2H6/c1-2-36-51(40-20-14-8-15-21-40)41-30-26-37(27-31-41)45-34-35-46(48-47(45)50-49(53-48)39-18-10-7-11-19-39)38-28-32-44(33-29-38)52(43-24-16-9-17-25-43)42-22-12-5-3-4-6-13-23-42;1-3-5-4-2;1-2/h2-3,5,7-11,13-21,23-35,42H,1,4,6,12,22,36H2;3-5H,1H2,2H3;1-2H3/b5-3-,23-13-;5-4-;. The Morgan fingerprint density at radius 1 is 0.600 bits per heavy atom. The van der Waals surface area contributed by atoms with Crippen LogP contribution in [0.4, 0.5) is 22.7 Å². The van der Waals surface area contributed by atoms with Gasteiger partial charge in [0.2, 0.25) is 0 Å². The molecule has 8 rings (SSSR count). The number of anilines is 4. The van der Waals surface area contributed by atoms with Crippen LogP contribution in [0.5, 0.6) is 0 Å². The van der Waals surface area contributed by atoms with Crippen molar-refractivity contribution in [1.82, 2.24) is 4.98 Å². The van der Waals surface area contributed by atoms with Crippen molar-refractivity contribution in [3.05, 3.63) is 213 Å². The Labute approximate surface area is 362 Å². The summed E-state index contributed by atoms with van der Waals surface area (Å²) in [7, 11) is 0. The molecule has 4 heteroatoms. The van der Waals surface area contributed by atoms with Crippen LogP contribution < -0.4 is 9.80 Å². The van der Waals surface area contributed by atoms with E-state index in [-0.39, 0.29) is 6.04 Å². The van der Waals surface area contributed by atoms with Crippen LogP contribution in [0.15, 0.2) is 213 Å². The predicted molar refractivity (Wildman–Crippen MR) is 265 cm³/mol. The maximum atomic E-state index is 5.32. The van der Waals surface area contributed by atoms with Gasteiger partial charge >= 0.3 is 0 Å². The number of aromatic nitrogens is 1. The van der Waals surface area contributed by atoms with Crippen LogP contribution in [0.2, 0.25) is 0 Å². The highest BCUT2D eigenvalue weighted by Gasteiger charge is 2.20. The lowest BCUT2D eigenvalue weighted by Crippen LogP contribution is -2.29. The van der Waals surface area contributed by atoms with Crippen LogP contribution in [-0.4, -0.2) is 17.6 Å². The van der Waals surface area contributed by atoms with E-state index in [0.717, 1.165) is 70.8 Å². The summed E-state index contributed by atoms with van der Waals surface area (Å²) in [6, 6.07) is 54.6. The average molecular weight is 804 g/mol. The molecule has 0 saturated heterocycles. The molecule has 1 aliphatic rings. The molecule has 0 saturated carbocycles. The van der Waals surface area contributed by atoms with Gasteiger partial charge in [0.25, 0.3) is 0 Å². The van der Waals surface area contributed by atoms with Crippen LogP contribution in [0.25, 0.3) is 43.0 Å². The van der Waals surface area contributed by atoms with Crippen molar-refractivity contribution < 1.29 is 0 Å². The van der Waals surface area contributed by atoms with Crippen LogP contribution in [0, 0.1) is 0 Å². The molecule has 3 nitrogen and oxygen atoms in total. The van der Waals surface area contributed by atoms with Gasteiger partial charge < -0.3 is 9.80 Å². The summed E-state index contributed by atoms with van der Waals surface area (Å²) in [5, 5.41) is 1.03. The Morgan fingerprint density at radius 3 is 1.75 bits per heavy atom. The maximum Gasteiger partial charge on any atom is 0.124 e. The third kappa shape index (κ3) is 10.8. The Morgan fingerprint density at radius 2 is 1.13 bits per heavy atom. The highest BCUT2D eigenvalue weighted by Crippen LogP contribution is 2.43. The van der Waals surface area contributed by atoms with Gasteiger partial charge in [0.1, 0.15) is 5.01 Å². The van der Waals surface area contributed by atoms with E-state index in [0.29, 0.717) is 0 Å². The molecular weight excluding hydrogens is 747 g/mol. The first kappa shape index (κ1) is 43.1. The Kier molecular flexibility index (Phi) is 16.2. The Balaban J connectivity index is 0.000000804. The Hall–Kier alpha value is -6.49. The van der Waals surface area contributed by atoms with Gasteiger partial charge in [0, 0.05) is 46.0 Å². The minimum Gasteiger partial charge on any atom is -0.338 e. The van der Waals surface area contributed by atoms with E-state index in [9.17, 15) is 0 Å². The van der Waals surface area contributed by atoms with Gasteiger partial charge in [-0.05, 0) is 92.3 Å². The second-order valence-corrected chi connectivity index (χ2v) is 15.1. The zero-order chi connectivity index (χ0) is 41.9. The lowest BCUT2D eigenvalue weighted by molar-refractivity contribution is 0.709. The first-order valence-corrected chi connectivity index (χ1v) is 22.0. The first-order valence-electron chi connectivity index (χ1n) is 21.2. The molecule has 0 fully saturated rings. The summed E-state index contributed by atoms with van der Waals surface area (Å²) < 4.78 is 1.20. The van der Waals surface area contributed by atoms with Crippen molar-refractivity contribution in [2.45, 2.75) is 52.5 Å². The molecule has 1 unspecified atom stereocenters. The SMILES string of the molecule is C=C/C=C\C.C=CCN(c1ccccc1)c1ccc(-c2ccc(-c3ccc(N(c4ccccc4)C4/C=C\CC/C=C\CC4)cc3)c3sc(-c4ccccc4)nc23)cc1.CC. The number of thiazole rings is 1. The molecule has 0 bridgehead atoms. The van der Waals surface area contributed by atoms with Crippen molar-refractivity contribution in [3.8, 4) is 32.8 Å². The van der Waals surface area contributed by atoms with Crippen LogP contribution in [-0.2, 0) is 0 Å². The van der Waals surface area contributed by atoms with E-state index in [1.54, 1.807) is 17.4 Å². The molecule has 1 heterocycles. The maximum absolute atomic E-state index is 5.32. The number of para-hydroxylation sites is 2. The molecule has 1 aromatic heterocycles. The monoisotopic (exact) mass is 803 g/mol. The van der Waals surface area contributed by atoms with E-state index in [1.807, 2.05) is 39.0 Å². The molecule has 0 N–H and O–H groups in total. The normalized spacial score (nSPS) is 14.6. The quantitative estimate of drug-likeness (QED) is 0.0959. The van der Waals surface area contributed by atoms with Crippen molar-refractivity contribution in [1.29, 1.82) is 0 Å². The van der Waals surface area contributed by atoms with Gasteiger partial charge in [-0.25, -0.2) is 4.98 Å². The number of nitrogens with zero attached hydrogens (tertiary/aromatic N) is 3. The molecule has 1 aliphatic carbocycles. The largest absolute Gasteiger partial charge is 0.338 e. The molecule has 1 atom stereocenters. The first-order chi connectivity index (χ1) is 29.7. The number of rotatable bonds is 11. The summed E-state index contributed by atoms with van der Waals surface area (Å²) in [6.07, 6.45) is 21.3. The Bertz CT molecular complexity index is 2460. The van der Waals surface area contributed by atoms with E-state index < -0.39 is 0 Å². The molecule has 0 aliphatic heterocycles. The average Bonchev–Trinajstić information content (AvgIpc) is 3.82. The fraction of sp³-hybridized carbons (Fsp3) is 0.161. The second kappa shape index (κ2) is 22.6. The zero-order valence-electron chi connectivity index (χ0n) is 35.3. The van der Waals surface area contributed by atoms with Crippen LogP contribution in [0.3, 0.4) is 0 Å².